The highest BCUT2D eigenvalue weighted by Gasteiger charge is 2.32. The molecule has 3 rings (SSSR count). The van der Waals surface area contributed by atoms with Crippen LogP contribution in [0.15, 0.2) is 24.3 Å². The zero-order valence-corrected chi connectivity index (χ0v) is 11.8. The van der Waals surface area contributed by atoms with E-state index in [2.05, 4.69) is 10.3 Å². The summed E-state index contributed by atoms with van der Waals surface area (Å²) in [5.41, 5.74) is 3.28. The quantitative estimate of drug-likeness (QED) is 0.634. The van der Waals surface area contributed by atoms with Crippen LogP contribution in [-0.2, 0) is 11.2 Å². The average molecular weight is 288 g/mol. The number of fused-ring (bicyclic) bond motifs is 3. The Morgan fingerprint density at radius 3 is 2.86 bits per heavy atom. The molecule has 112 valence electrons. The molecule has 1 aliphatic rings. The summed E-state index contributed by atoms with van der Waals surface area (Å²) in [5.74, 6) is -0.807. The first kappa shape index (κ1) is 14.1. The Morgan fingerprint density at radius 1 is 1.29 bits per heavy atom. The van der Waals surface area contributed by atoms with Crippen molar-refractivity contribution in [1.82, 2.24) is 10.3 Å². The van der Waals surface area contributed by atoms with E-state index >= 15 is 0 Å². The second-order valence-electron chi connectivity index (χ2n) is 5.60. The fourth-order valence-corrected chi connectivity index (χ4v) is 3.17. The van der Waals surface area contributed by atoms with Gasteiger partial charge in [0.1, 0.15) is 6.04 Å². The molecule has 2 heterocycles. The number of rotatable bonds is 5. The number of H-pyrrole nitrogens is 1. The molecule has 0 spiro atoms. The van der Waals surface area contributed by atoms with E-state index in [9.17, 15) is 9.90 Å². The molecule has 0 bridgehead atoms. The van der Waals surface area contributed by atoms with E-state index < -0.39 is 12.0 Å². The minimum atomic E-state index is -0.807. The van der Waals surface area contributed by atoms with Crippen molar-refractivity contribution < 1.29 is 15.0 Å². The van der Waals surface area contributed by atoms with Gasteiger partial charge in [0.2, 0.25) is 0 Å². The predicted octanol–water partition coefficient (Wildman–Crippen LogP) is 1.97. The highest BCUT2D eigenvalue weighted by molar-refractivity contribution is 5.86. The second kappa shape index (κ2) is 5.87. The van der Waals surface area contributed by atoms with Gasteiger partial charge in [-0.25, -0.2) is 0 Å². The van der Waals surface area contributed by atoms with Crippen LogP contribution in [0.3, 0.4) is 0 Å². The number of nitrogens with one attached hydrogen (secondary N) is 2. The van der Waals surface area contributed by atoms with Gasteiger partial charge in [0.25, 0.3) is 0 Å². The van der Waals surface area contributed by atoms with Gasteiger partial charge < -0.3 is 15.2 Å². The highest BCUT2D eigenvalue weighted by atomic mass is 16.4. The van der Waals surface area contributed by atoms with Crippen LogP contribution in [0.2, 0.25) is 0 Å². The van der Waals surface area contributed by atoms with Crippen LogP contribution in [0.25, 0.3) is 10.9 Å². The van der Waals surface area contributed by atoms with Crippen molar-refractivity contribution in [3.63, 3.8) is 0 Å². The smallest absolute Gasteiger partial charge is 0.321 e. The predicted molar refractivity (Wildman–Crippen MR) is 80.2 cm³/mol. The number of hydrogen-bond acceptors (Lipinski definition) is 3. The molecular weight excluding hydrogens is 268 g/mol. The van der Waals surface area contributed by atoms with Gasteiger partial charge in [-0.05, 0) is 30.9 Å². The summed E-state index contributed by atoms with van der Waals surface area (Å²) >= 11 is 0. The third-order valence-corrected chi connectivity index (χ3v) is 4.20. The van der Waals surface area contributed by atoms with Gasteiger partial charge in [-0.15, -0.1) is 0 Å². The Bertz CT molecular complexity index is 650. The van der Waals surface area contributed by atoms with E-state index in [1.54, 1.807) is 0 Å². The lowest BCUT2D eigenvalue weighted by Gasteiger charge is -2.29. The van der Waals surface area contributed by atoms with Crippen LogP contribution < -0.4 is 5.32 Å². The molecule has 1 aromatic carbocycles. The molecule has 21 heavy (non-hydrogen) atoms. The minimum absolute atomic E-state index is 0.00815. The average Bonchev–Trinajstić information content (AvgIpc) is 2.86. The number of aromatic amines is 1. The Kier molecular flexibility index (Phi) is 3.94. The number of carbonyl (C=O) groups is 1. The maximum Gasteiger partial charge on any atom is 0.321 e. The van der Waals surface area contributed by atoms with Gasteiger partial charge in [0, 0.05) is 35.7 Å². The molecule has 0 aliphatic carbocycles. The molecule has 2 aromatic rings. The number of aliphatic hydroxyl groups is 1. The van der Waals surface area contributed by atoms with E-state index in [0.717, 1.165) is 41.4 Å². The summed E-state index contributed by atoms with van der Waals surface area (Å²) < 4.78 is 0. The van der Waals surface area contributed by atoms with Crippen molar-refractivity contribution in [2.24, 2.45) is 0 Å². The van der Waals surface area contributed by atoms with Gasteiger partial charge >= 0.3 is 5.97 Å². The Morgan fingerprint density at radius 2 is 2.10 bits per heavy atom. The van der Waals surface area contributed by atoms with Crippen LogP contribution in [0.4, 0.5) is 0 Å². The maximum absolute atomic E-state index is 11.4. The lowest BCUT2D eigenvalue weighted by molar-refractivity contribution is -0.139. The number of carboxylic acid groups (broad SMARTS) is 1. The SMILES string of the molecule is O=C(O)C1Cc2c([nH]c3ccccc23)C(CCCCO)N1. The topological polar surface area (TPSA) is 85.3 Å². The zero-order chi connectivity index (χ0) is 14.8. The van der Waals surface area contributed by atoms with Gasteiger partial charge in [-0.2, -0.15) is 0 Å². The Hall–Kier alpha value is -1.85. The van der Waals surface area contributed by atoms with Crippen molar-refractivity contribution in [3.05, 3.63) is 35.5 Å². The Labute approximate surface area is 123 Å². The fourth-order valence-electron chi connectivity index (χ4n) is 3.17. The fraction of sp³-hybridized carbons (Fsp3) is 0.438. The van der Waals surface area contributed by atoms with Crippen LogP contribution in [-0.4, -0.2) is 33.8 Å². The number of aromatic nitrogens is 1. The molecule has 0 fully saturated rings. The molecular formula is C16H20N2O3. The van der Waals surface area contributed by atoms with Crippen molar-refractivity contribution >= 4 is 16.9 Å². The molecule has 5 heteroatoms. The molecule has 1 aliphatic heterocycles. The van der Waals surface area contributed by atoms with E-state index in [4.69, 9.17) is 5.11 Å². The monoisotopic (exact) mass is 288 g/mol. The zero-order valence-electron chi connectivity index (χ0n) is 11.8. The molecule has 2 atom stereocenters. The third kappa shape index (κ3) is 2.66. The summed E-state index contributed by atoms with van der Waals surface area (Å²) in [5, 5.41) is 22.6. The standard InChI is InChI=1S/C16H20N2O3/c19-8-4-3-7-13-15-11(9-14(17-13)16(20)21)10-5-1-2-6-12(10)18-15/h1-2,5-6,13-14,17-19H,3-4,7-9H2,(H,20,21). The van der Waals surface area contributed by atoms with Crippen LogP contribution in [0, 0.1) is 0 Å². The summed E-state index contributed by atoms with van der Waals surface area (Å²) in [6.45, 7) is 0.175. The van der Waals surface area contributed by atoms with E-state index in [0.29, 0.717) is 6.42 Å². The number of benzene rings is 1. The van der Waals surface area contributed by atoms with Gasteiger partial charge in [-0.1, -0.05) is 18.2 Å². The Balaban J connectivity index is 1.96. The first-order chi connectivity index (χ1) is 10.2. The van der Waals surface area contributed by atoms with Crippen molar-refractivity contribution in [2.75, 3.05) is 6.61 Å². The van der Waals surface area contributed by atoms with Crippen molar-refractivity contribution in [3.8, 4) is 0 Å². The number of unbranched alkanes of at least 4 members (excludes halogenated alkanes) is 1. The molecule has 2 unspecified atom stereocenters. The summed E-state index contributed by atoms with van der Waals surface area (Å²) in [6, 6.07) is 7.49. The van der Waals surface area contributed by atoms with Crippen molar-refractivity contribution in [2.45, 2.75) is 37.8 Å². The van der Waals surface area contributed by atoms with Gasteiger partial charge in [0.15, 0.2) is 0 Å². The summed E-state index contributed by atoms with van der Waals surface area (Å²) in [7, 11) is 0. The first-order valence-corrected chi connectivity index (χ1v) is 7.40. The number of aliphatic hydroxyl groups excluding tert-OH is 1. The van der Waals surface area contributed by atoms with E-state index in [1.165, 1.54) is 0 Å². The molecule has 0 radical (unpaired) electrons. The number of para-hydroxylation sites is 1. The minimum Gasteiger partial charge on any atom is -0.480 e. The molecule has 0 amide bonds. The maximum atomic E-state index is 11.4. The lowest BCUT2D eigenvalue weighted by atomic mass is 9.91. The van der Waals surface area contributed by atoms with E-state index in [1.807, 2.05) is 24.3 Å². The van der Waals surface area contributed by atoms with Crippen LogP contribution >= 0.6 is 0 Å². The molecule has 0 saturated carbocycles. The summed E-state index contributed by atoms with van der Waals surface area (Å²) in [6.07, 6.45) is 2.94. The molecule has 5 nitrogen and oxygen atoms in total. The molecule has 4 N–H and O–H groups in total. The number of aliphatic carboxylic acids is 1. The molecule has 1 aromatic heterocycles. The normalized spacial score (nSPS) is 21.4. The lowest BCUT2D eigenvalue weighted by Crippen LogP contribution is -2.44. The largest absolute Gasteiger partial charge is 0.480 e. The third-order valence-electron chi connectivity index (χ3n) is 4.20. The van der Waals surface area contributed by atoms with Crippen LogP contribution in [0.5, 0.6) is 0 Å². The van der Waals surface area contributed by atoms with Crippen LogP contribution in [0.1, 0.15) is 36.6 Å². The second-order valence-corrected chi connectivity index (χ2v) is 5.60. The van der Waals surface area contributed by atoms with Gasteiger partial charge in [-0.3, -0.25) is 10.1 Å². The summed E-state index contributed by atoms with van der Waals surface area (Å²) in [4.78, 5) is 14.8. The number of carboxylic acids is 1. The molecule has 0 saturated heterocycles. The van der Waals surface area contributed by atoms with Gasteiger partial charge in [0.05, 0.1) is 0 Å². The number of hydrogen-bond donors (Lipinski definition) is 4. The van der Waals surface area contributed by atoms with Crippen molar-refractivity contribution in [1.29, 1.82) is 0 Å². The highest BCUT2D eigenvalue weighted by Crippen LogP contribution is 2.34. The van der Waals surface area contributed by atoms with E-state index in [-0.39, 0.29) is 12.6 Å². The first-order valence-electron chi connectivity index (χ1n) is 7.40.